The van der Waals surface area contributed by atoms with E-state index < -0.39 is 11.6 Å². The van der Waals surface area contributed by atoms with Gasteiger partial charge in [-0.15, -0.1) is 0 Å². The summed E-state index contributed by atoms with van der Waals surface area (Å²) in [5, 5.41) is 0. The molecule has 0 bridgehead atoms. The topological polar surface area (TPSA) is 35.5 Å². The van der Waals surface area contributed by atoms with Crippen LogP contribution < -0.4 is 8.57 Å². The van der Waals surface area contributed by atoms with Crippen LogP contribution in [0.15, 0.2) is 84.9 Å². The van der Waals surface area contributed by atoms with E-state index in [1.165, 1.54) is 6.07 Å². The molecule has 0 saturated heterocycles. The summed E-state index contributed by atoms with van der Waals surface area (Å²) in [6.45, 7) is 0. The molecule has 0 N–H and O–H groups in total. The SMILES string of the molecule is O=C(Oc1cccc(OBr)c1)C(F)(c1ccccc1)c1ccccc1. The van der Waals surface area contributed by atoms with Gasteiger partial charge in [0.2, 0.25) is 0 Å². The summed E-state index contributed by atoms with van der Waals surface area (Å²) in [5.41, 5.74) is -2.01. The van der Waals surface area contributed by atoms with Gasteiger partial charge in [-0.2, -0.15) is 0 Å². The lowest BCUT2D eigenvalue weighted by atomic mass is 9.88. The van der Waals surface area contributed by atoms with Gasteiger partial charge in [0.1, 0.15) is 11.5 Å². The zero-order valence-electron chi connectivity index (χ0n) is 13.1. The summed E-state index contributed by atoms with van der Waals surface area (Å²) >= 11 is 2.86. The van der Waals surface area contributed by atoms with Crippen LogP contribution in [-0.2, 0) is 10.5 Å². The molecule has 0 aliphatic carbocycles. The molecule has 3 rings (SSSR count). The Kier molecular flexibility index (Phi) is 5.14. The van der Waals surface area contributed by atoms with Gasteiger partial charge in [-0.05, 0) is 12.1 Å². The second-order valence-corrected chi connectivity index (χ2v) is 5.66. The number of rotatable bonds is 5. The number of hydrogen-bond donors (Lipinski definition) is 0. The zero-order valence-corrected chi connectivity index (χ0v) is 14.6. The molecule has 0 unspecified atom stereocenters. The van der Waals surface area contributed by atoms with Crippen LogP contribution >= 0.6 is 16.3 Å². The van der Waals surface area contributed by atoms with Gasteiger partial charge in [-0.1, -0.05) is 66.7 Å². The van der Waals surface area contributed by atoms with Gasteiger partial charge in [0.05, 0.1) is 0 Å². The summed E-state index contributed by atoms with van der Waals surface area (Å²) in [4.78, 5) is 12.8. The van der Waals surface area contributed by atoms with Gasteiger partial charge >= 0.3 is 5.97 Å². The molecular weight excluding hydrogens is 387 g/mol. The summed E-state index contributed by atoms with van der Waals surface area (Å²) in [6, 6.07) is 22.8. The molecule has 0 amide bonds. The van der Waals surface area contributed by atoms with Crippen molar-refractivity contribution in [3.05, 3.63) is 96.1 Å². The Labute approximate surface area is 153 Å². The average Bonchev–Trinajstić information content (AvgIpc) is 2.68. The molecule has 0 radical (unpaired) electrons. The van der Waals surface area contributed by atoms with Crippen LogP contribution in [0.5, 0.6) is 11.5 Å². The fourth-order valence-corrected chi connectivity index (χ4v) is 2.70. The normalized spacial score (nSPS) is 11.0. The minimum atomic E-state index is -2.42. The van der Waals surface area contributed by atoms with E-state index in [4.69, 9.17) is 8.57 Å². The number of esters is 1. The highest BCUT2D eigenvalue weighted by Crippen LogP contribution is 2.36. The van der Waals surface area contributed by atoms with E-state index in [-0.39, 0.29) is 16.9 Å². The maximum absolute atomic E-state index is 16.0. The fraction of sp³-hybridized carbons (Fsp3) is 0.0500. The highest BCUT2D eigenvalue weighted by Gasteiger charge is 2.44. The van der Waals surface area contributed by atoms with Crippen molar-refractivity contribution in [3.63, 3.8) is 0 Å². The molecule has 0 fully saturated rings. The number of hydrogen-bond acceptors (Lipinski definition) is 3. The Balaban J connectivity index is 2.01. The lowest BCUT2D eigenvalue weighted by Crippen LogP contribution is -2.36. The molecule has 126 valence electrons. The predicted octanol–water partition coefficient (Wildman–Crippen LogP) is 5.19. The van der Waals surface area contributed by atoms with Crippen molar-refractivity contribution in [2.45, 2.75) is 5.67 Å². The van der Waals surface area contributed by atoms with Crippen LogP contribution in [0.3, 0.4) is 0 Å². The first-order valence-electron chi connectivity index (χ1n) is 7.55. The maximum atomic E-state index is 16.0. The third-order valence-electron chi connectivity index (χ3n) is 3.73. The van der Waals surface area contributed by atoms with Gasteiger partial charge in [-0.3, -0.25) is 0 Å². The molecule has 5 heteroatoms. The summed E-state index contributed by atoms with van der Waals surface area (Å²) < 4.78 is 26.2. The number of alkyl halides is 1. The lowest BCUT2D eigenvalue weighted by Gasteiger charge is -2.24. The van der Waals surface area contributed by atoms with Gasteiger partial charge in [-0.25, -0.2) is 9.18 Å². The smallest absolute Gasteiger partial charge is 0.358 e. The molecule has 0 saturated carbocycles. The highest BCUT2D eigenvalue weighted by molar-refractivity contribution is 9.06. The van der Waals surface area contributed by atoms with Gasteiger partial charge in [0.25, 0.3) is 5.67 Å². The van der Waals surface area contributed by atoms with Crippen LogP contribution in [0.25, 0.3) is 0 Å². The molecular formula is C20H14BrFO3. The molecule has 3 aromatic carbocycles. The van der Waals surface area contributed by atoms with E-state index in [9.17, 15) is 4.79 Å². The minimum Gasteiger partial charge on any atom is -0.423 e. The number of carbonyl (C=O) groups is 1. The summed E-state index contributed by atoms with van der Waals surface area (Å²) in [5.74, 6) is -0.387. The monoisotopic (exact) mass is 400 g/mol. The van der Waals surface area contributed by atoms with E-state index in [2.05, 4.69) is 16.3 Å². The van der Waals surface area contributed by atoms with E-state index >= 15 is 4.39 Å². The van der Waals surface area contributed by atoms with Gasteiger partial charge in [0.15, 0.2) is 16.3 Å². The Morgan fingerprint density at radius 1 is 0.800 bits per heavy atom. The Morgan fingerprint density at radius 3 is 1.84 bits per heavy atom. The summed E-state index contributed by atoms with van der Waals surface area (Å²) in [7, 11) is 0. The number of ether oxygens (including phenoxy) is 1. The lowest BCUT2D eigenvalue weighted by molar-refractivity contribution is -0.145. The molecule has 0 heterocycles. The molecule has 0 aliphatic heterocycles. The Bertz CT molecular complexity index is 814. The first-order chi connectivity index (χ1) is 12.1. The van der Waals surface area contributed by atoms with E-state index in [1.54, 1.807) is 78.9 Å². The van der Waals surface area contributed by atoms with Crippen molar-refractivity contribution < 1.29 is 17.8 Å². The van der Waals surface area contributed by atoms with Crippen LogP contribution in [0.2, 0.25) is 0 Å². The Morgan fingerprint density at radius 2 is 1.32 bits per heavy atom. The molecule has 3 nitrogen and oxygen atoms in total. The quantitative estimate of drug-likeness (QED) is 0.436. The predicted molar refractivity (Wildman–Crippen MR) is 96.4 cm³/mol. The zero-order chi connectivity index (χ0) is 17.7. The van der Waals surface area contributed by atoms with Crippen LogP contribution in [0, 0.1) is 0 Å². The third-order valence-corrected chi connectivity index (χ3v) is 4.10. The van der Waals surface area contributed by atoms with Gasteiger partial charge in [0, 0.05) is 17.2 Å². The largest absolute Gasteiger partial charge is 0.423 e. The van der Waals surface area contributed by atoms with Crippen molar-refractivity contribution in [1.29, 1.82) is 0 Å². The number of benzene rings is 3. The fourth-order valence-electron chi connectivity index (χ4n) is 2.50. The maximum Gasteiger partial charge on any atom is 0.358 e. The van der Waals surface area contributed by atoms with Crippen molar-refractivity contribution in [2.75, 3.05) is 0 Å². The van der Waals surface area contributed by atoms with Gasteiger partial charge < -0.3 is 8.57 Å². The van der Waals surface area contributed by atoms with Crippen molar-refractivity contribution in [1.82, 2.24) is 0 Å². The number of carbonyl (C=O) groups excluding carboxylic acids is 1. The van der Waals surface area contributed by atoms with Crippen molar-refractivity contribution in [2.24, 2.45) is 0 Å². The van der Waals surface area contributed by atoms with Crippen LogP contribution in [0.4, 0.5) is 4.39 Å². The average molecular weight is 401 g/mol. The molecule has 3 aromatic rings. The summed E-state index contributed by atoms with van der Waals surface area (Å²) in [6.07, 6.45) is 0. The molecule has 0 aromatic heterocycles. The molecule has 25 heavy (non-hydrogen) atoms. The Hall–Kier alpha value is -2.66. The first kappa shape index (κ1) is 17.2. The molecule has 0 spiro atoms. The van der Waals surface area contributed by atoms with Crippen LogP contribution in [-0.4, -0.2) is 5.97 Å². The van der Waals surface area contributed by atoms with Crippen molar-refractivity contribution in [3.8, 4) is 11.5 Å². The second-order valence-electron chi connectivity index (χ2n) is 5.33. The standard InChI is InChI=1S/C20H14BrFO3/c21-25-18-13-7-12-17(14-18)24-19(23)20(22,15-8-3-1-4-9-15)16-10-5-2-6-11-16/h1-14H. The molecule has 0 aliphatic rings. The minimum absolute atomic E-state index is 0.191. The first-order valence-corrected chi connectivity index (χ1v) is 8.20. The van der Waals surface area contributed by atoms with Crippen molar-refractivity contribution >= 4 is 22.2 Å². The highest BCUT2D eigenvalue weighted by atomic mass is 79.9. The molecule has 0 atom stereocenters. The number of halogens is 2. The second kappa shape index (κ2) is 7.49. The van der Waals surface area contributed by atoms with Crippen LogP contribution in [0.1, 0.15) is 11.1 Å². The van der Waals surface area contributed by atoms with E-state index in [0.717, 1.165) is 0 Å². The van der Waals surface area contributed by atoms with E-state index in [0.29, 0.717) is 5.75 Å². The van der Waals surface area contributed by atoms with E-state index in [1.807, 2.05) is 0 Å². The third kappa shape index (κ3) is 3.56.